The Labute approximate surface area is 134 Å². The number of fused-ring (bicyclic) bond motifs is 2. The number of hydrogen-bond acceptors (Lipinski definition) is 3. The SMILES string of the molecule is COc1ccc(CN2CCN([C@H]3C[C@H]4CC[C@@H]3C4)CC2)cc1. The molecule has 2 saturated carbocycles. The number of rotatable bonds is 4. The van der Waals surface area contributed by atoms with Gasteiger partial charge in [-0.25, -0.2) is 0 Å². The second-order valence-electron chi connectivity index (χ2n) is 7.40. The third kappa shape index (κ3) is 2.89. The zero-order chi connectivity index (χ0) is 14.9. The first-order chi connectivity index (χ1) is 10.8. The van der Waals surface area contributed by atoms with Crippen molar-refractivity contribution >= 4 is 0 Å². The van der Waals surface area contributed by atoms with Crippen LogP contribution in [0.1, 0.15) is 31.2 Å². The molecule has 1 aliphatic heterocycles. The minimum atomic E-state index is 0.918. The van der Waals surface area contributed by atoms with E-state index in [1.165, 1.54) is 57.4 Å². The molecule has 1 aromatic rings. The predicted octanol–water partition coefficient (Wildman–Crippen LogP) is 3.00. The van der Waals surface area contributed by atoms with Gasteiger partial charge in [-0.1, -0.05) is 18.6 Å². The Morgan fingerprint density at radius 3 is 2.36 bits per heavy atom. The van der Waals surface area contributed by atoms with Gasteiger partial charge in [0.25, 0.3) is 0 Å². The number of ether oxygens (including phenoxy) is 1. The summed E-state index contributed by atoms with van der Waals surface area (Å²) in [7, 11) is 1.73. The van der Waals surface area contributed by atoms with Crippen LogP contribution in [0.4, 0.5) is 0 Å². The molecular weight excluding hydrogens is 272 g/mol. The fourth-order valence-electron chi connectivity index (χ4n) is 4.90. The first-order valence-electron chi connectivity index (χ1n) is 8.91. The minimum absolute atomic E-state index is 0.918. The fraction of sp³-hybridized carbons (Fsp3) is 0.684. The van der Waals surface area contributed by atoms with Crippen molar-refractivity contribution in [2.75, 3.05) is 33.3 Å². The Hall–Kier alpha value is -1.06. The molecule has 0 radical (unpaired) electrons. The van der Waals surface area contributed by atoms with E-state index < -0.39 is 0 Å². The number of piperazine rings is 1. The first-order valence-corrected chi connectivity index (χ1v) is 8.91. The number of hydrogen-bond donors (Lipinski definition) is 0. The van der Waals surface area contributed by atoms with Crippen LogP contribution in [0.25, 0.3) is 0 Å². The van der Waals surface area contributed by atoms with Gasteiger partial charge in [0, 0.05) is 38.8 Å². The predicted molar refractivity (Wildman–Crippen MR) is 89.1 cm³/mol. The molecule has 0 N–H and O–H groups in total. The monoisotopic (exact) mass is 300 g/mol. The Bertz CT molecular complexity index is 493. The van der Waals surface area contributed by atoms with Gasteiger partial charge in [0.2, 0.25) is 0 Å². The largest absolute Gasteiger partial charge is 0.497 e. The lowest BCUT2D eigenvalue weighted by Crippen LogP contribution is -2.51. The summed E-state index contributed by atoms with van der Waals surface area (Å²) in [5, 5.41) is 0. The lowest BCUT2D eigenvalue weighted by molar-refractivity contribution is 0.0679. The van der Waals surface area contributed by atoms with E-state index in [4.69, 9.17) is 4.74 Å². The molecule has 3 aliphatic rings. The fourth-order valence-corrected chi connectivity index (χ4v) is 4.90. The summed E-state index contributed by atoms with van der Waals surface area (Å²) in [5.74, 6) is 3.04. The van der Waals surface area contributed by atoms with E-state index in [9.17, 15) is 0 Å². The molecule has 3 nitrogen and oxygen atoms in total. The Morgan fingerprint density at radius 2 is 1.77 bits per heavy atom. The molecule has 22 heavy (non-hydrogen) atoms. The van der Waals surface area contributed by atoms with Crippen LogP contribution < -0.4 is 4.74 Å². The van der Waals surface area contributed by atoms with E-state index in [2.05, 4.69) is 34.1 Å². The van der Waals surface area contributed by atoms with Crippen molar-refractivity contribution in [2.24, 2.45) is 11.8 Å². The maximum atomic E-state index is 5.23. The highest BCUT2D eigenvalue weighted by Crippen LogP contribution is 2.46. The number of methoxy groups -OCH3 is 1. The Kier molecular flexibility index (Phi) is 4.10. The van der Waals surface area contributed by atoms with E-state index >= 15 is 0 Å². The van der Waals surface area contributed by atoms with Crippen LogP contribution in [0.5, 0.6) is 5.75 Å². The molecule has 1 heterocycles. The maximum Gasteiger partial charge on any atom is 0.118 e. The van der Waals surface area contributed by atoms with Gasteiger partial charge in [-0.2, -0.15) is 0 Å². The molecule has 0 amide bonds. The Balaban J connectivity index is 1.28. The average molecular weight is 300 g/mol. The zero-order valence-electron chi connectivity index (χ0n) is 13.7. The molecule has 1 aromatic carbocycles. The molecule has 4 rings (SSSR count). The van der Waals surface area contributed by atoms with Gasteiger partial charge in [-0.05, 0) is 48.8 Å². The zero-order valence-corrected chi connectivity index (χ0v) is 13.7. The van der Waals surface area contributed by atoms with Gasteiger partial charge in [0.1, 0.15) is 5.75 Å². The minimum Gasteiger partial charge on any atom is -0.497 e. The number of benzene rings is 1. The molecule has 120 valence electrons. The molecular formula is C19H28N2O. The van der Waals surface area contributed by atoms with Crippen molar-refractivity contribution in [2.45, 2.75) is 38.3 Å². The van der Waals surface area contributed by atoms with Crippen LogP contribution in [0.15, 0.2) is 24.3 Å². The summed E-state index contributed by atoms with van der Waals surface area (Å²) >= 11 is 0. The highest BCUT2D eigenvalue weighted by atomic mass is 16.5. The van der Waals surface area contributed by atoms with Gasteiger partial charge < -0.3 is 4.74 Å². The van der Waals surface area contributed by atoms with Gasteiger partial charge in [-0.15, -0.1) is 0 Å². The van der Waals surface area contributed by atoms with Crippen LogP contribution >= 0.6 is 0 Å². The topological polar surface area (TPSA) is 15.7 Å². The molecule has 3 atom stereocenters. The quantitative estimate of drug-likeness (QED) is 0.850. The summed E-state index contributed by atoms with van der Waals surface area (Å²) in [4.78, 5) is 5.40. The van der Waals surface area contributed by atoms with Crippen molar-refractivity contribution in [3.8, 4) is 5.75 Å². The highest BCUT2D eigenvalue weighted by molar-refractivity contribution is 5.27. The molecule has 1 saturated heterocycles. The van der Waals surface area contributed by atoms with E-state index in [0.717, 1.165) is 30.2 Å². The second kappa shape index (κ2) is 6.21. The van der Waals surface area contributed by atoms with Crippen LogP contribution in [-0.4, -0.2) is 49.1 Å². The standard InChI is InChI=1S/C19H28N2O/c1-22-18-6-3-15(4-7-18)14-20-8-10-21(11-9-20)19-13-16-2-5-17(19)12-16/h3-4,6-7,16-17,19H,2,5,8-14H2,1H3/t16-,17+,19-/m0/s1. The number of nitrogens with zero attached hydrogens (tertiary/aromatic N) is 2. The smallest absolute Gasteiger partial charge is 0.118 e. The van der Waals surface area contributed by atoms with Gasteiger partial charge in [-0.3, -0.25) is 9.80 Å². The van der Waals surface area contributed by atoms with Crippen LogP contribution in [0.2, 0.25) is 0 Å². The molecule has 2 bridgehead atoms. The summed E-state index contributed by atoms with van der Waals surface area (Å²) in [6, 6.07) is 9.45. The van der Waals surface area contributed by atoms with Crippen molar-refractivity contribution in [3.63, 3.8) is 0 Å². The lowest BCUT2D eigenvalue weighted by Gasteiger charge is -2.41. The molecule has 0 spiro atoms. The van der Waals surface area contributed by atoms with Crippen molar-refractivity contribution in [1.82, 2.24) is 9.80 Å². The highest BCUT2D eigenvalue weighted by Gasteiger charge is 2.42. The molecule has 2 aliphatic carbocycles. The van der Waals surface area contributed by atoms with E-state index in [1.807, 2.05) is 0 Å². The van der Waals surface area contributed by atoms with Crippen LogP contribution in [0, 0.1) is 11.8 Å². The van der Waals surface area contributed by atoms with Crippen LogP contribution in [0.3, 0.4) is 0 Å². The average Bonchev–Trinajstić information content (AvgIpc) is 3.19. The molecule has 3 fully saturated rings. The van der Waals surface area contributed by atoms with E-state index in [1.54, 1.807) is 7.11 Å². The van der Waals surface area contributed by atoms with Crippen molar-refractivity contribution in [1.29, 1.82) is 0 Å². The van der Waals surface area contributed by atoms with Gasteiger partial charge in [0.05, 0.1) is 7.11 Å². The second-order valence-corrected chi connectivity index (χ2v) is 7.40. The summed E-state index contributed by atoms with van der Waals surface area (Å²) in [6.45, 7) is 6.06. The lowest BCUT2D eigenvalue weighted by atomic mass is 9.93. The van der Waals surface area contributed by atoms with Gasteiger partial charge in [0.15, 0.2) is 0 Å². The summed E-state index contributed by atoms with van der Waals surface area (Å²) in [5.41, 5.74) is 1.40. The third-order valence-electron chi connectivity index (χ3n) is 6.14. The van der Waals surface area contributed by atoms with Gasteiger partial charge >= 0.3 is 0 Å². The summed E-state index contributed by atoms with van der Waals surface area (Å²) in [6.07, 6.45) is 6.03. The molecule has 0 aromatic heterocycles. The molecule has 3 heteroatoms. The first kappa shape index (κ1) is 14.5. The van der Waals surface area contributed by atoms with E-state index in [-0.39, 0.29) is 0 Å². The van der Waals surface area contributed by atoms with Crippen molar-refractivity contribution < 1.29 is 4.74 Å². The maximum absolute atomic E-state index is 5.23. The third-order valence-corrected chi connectivity index (χ3v) is 6.14. The normalized spacial score (nSPS) is 32.5. The van der Waals surface area contributed by atoms with E-state index in [0.29, 0.717) is 0 Å². The Morgan fingerprint density at radius 1 is 1.00 bits per heavy atom. The van der Waals surface area contributed by atoms with Crippen molar-refractivity contribution in [3.05, 3.63) is 29.8 Å². The summed E-state index contributed by atoms with van der Waals surface area (Å²) < 4.78 is 5.23. The van der Waals surface area contributed by atoms with Crippen LogP contribution in [-0.2, 0) is 6.54 Å². The molecule has 0 unspecified atom stereocenters.